The molecule has 5 rings (SSSR count). The molecule has 0 aliphatic carbocycles. The van der Waals surface area contributed by atoms with Gasteiger partial charge < -0.3 is 15.0 Å². The average molecular weight is 485 g/mol. The van der Waals surface area contributed by atoms with E-state index < -0.39 is 11.4 Å². The topological polar surface area (TPSA) is 76.5 Å². The SMILES string of the molecule is Cc1cccc(Oc2cnn(-c3ccc(F)cc3)c(=O)c2Nc2ccc(C(=O)N3CCCC3)cc2)c1. The molecule has 2 heterocycles. The molecule has 0 atom stereocenters. The second-order valence-corrected chi connectivity index (χ2v) is 8.70. The van der Waals surface area contributed by atoms with Crippen molar-refractivity contribution in [1.82, 2.24) is 14.7 Å². The molecule has 1 aromatic heterocycles. The lowest BCUT2D eigenvalue weighted by Gasteiger charge is -2.16. The number of carbonyl (C=O) groups is 1. The minimum atomic E-state index is -0.469. The molecule has 8 heteroatoms. The molecule has 0 radical (unpaired) electrons. The van der Waals surface area contributed by atoms with E-state index in [1.165, 1.54) is 35.1 Å². The number of hydrogen-bond donors (Lipinski definition) is 1. The first-order valence-corrected chi connectivity index (χ1v) is 11.8. The molecule has 36 heavy (non-hydrogen) atoms. The summed E-state index contributed by atoms with van der Waals surface area (Å²) in [5.41, 5.74) is 2.32. The zero-order valence-electron chi connectivity index (χ0n) is 19.8. The number of anilines is 2. The van der Waals surface area contributed by atoms with E-state index in [4.69, 9.17) is 4.74 Å². The molecule has 1 amide bonds. The van der Waals surface area contributed by atoms with E-state index in [9.17, 15) is 14.0 Å². The van der Waals surface area contributed by atoms with Crippen LogP contribution in [0.2, 0.25) is 0 Å². The van der Waals surface area contributed by atoms with Crippen molar-refractivity contribution in [2.24, 2.45) is 0 Å². The Morgan fingerprint density at radius 3 is 2.42 bits per heavy atom. The average Bonchev–Trinajstić information content (AvgIpc) is 3.42. The van der Waals surface area contributed by atoms with Gasteiger partial charge in [-0.05, 0) is 86.0 Å². The van der Waals surface area contributed by atoms with Crippen LogP contribution in [-0.2, 0) is 0 Å². The van der Waals surface area contributed by atoms with Gasteiger partial charge in [0.15, 0.2) is 11.4 Å². The quantitative estimate of drug-likeness (QED) is 0.394. The van der Waals surface area contributed by atoms with Crippen LogP contribution >= 0.6 is 0 Å². The van der Waals surface area contributed by atoms with Gasteiger partial charge in [-0.2, -0.15) is 9.78 Å². The molecule has 3 aromatic carbocycles. The highest BCUT2D eigenvalue weighted by molar-refractivity contribution is 5.94. The molecule has 1 fully saturated rings. The van der Waals surface area contributed by atoms with Gasteiger partial charge in [-0.25, -0.2) is 4.39 Å². The van der Waals surface area contributed by atoms with E-state index in [1.54, 1.807) is 30.3 Å². The number of rotatable bonds is 6. The van der Waals surface area contributed by atoms with Crippen molar-refractivity contribution in [1.29, 1.82) is 0 Å². The third-order valence-corrected chi connectivity index (χ3v) is 6.03. The Kier molecular flexibility index (Phi) is 6.49. The maximum absolute atomic E-state index is 13.5. The van der Waals surface area contributed by atoms with E-state index in [1.807, 2.05) is 30.0 Å². The van der Waals surface area contributed by atoms with Crippen molar-refractivity contribution in [2.45, 2.75) is 19.8 Å². The van der Waals surface area contributed by atoms with Crippen LogP contribution in [0.1, 0.15) is 28.8 Å². The zero-order valence-corrected chi connectivity index (χ0v) is 19.8. The molecule has 182 valence electrons. The van der Waals surface area contributed by atoms with Crippen LogP contribution in [0, 0.1) is 12.7 Å². The van der Waals surface area contributed by atoms with Gasteiger partial charge in [0.1, 0.15) is 11.6 Å². The van der Waals surface area contributed by atoms with Crippen LogP contribution in [0.15, 0.2) is 83.8 Å². The summed E-state index contributed by atoms with van der Waals surface area (Å²) in [6, 6.07) is 19.9. The molecule has 1 aliphatic rings. The Bertz CT molecular complexity index is 1440. The van der Waals surface area contributed by atoms with Crippen molar-refractivity contribution in [3.8, 4) is 17.2 Å². The molecular weight excluding hydrogens is 459 g/mol. The zero-order chi connectivity index (χ0) is 25.1. The summed E-state index contributed by atoms with van der Waals surface area (Å²) in [4.78, 5) is 28.0. The Morgan fingerprint density at radius 1 is 1.00 bits per heavy atom. The number of aromatic nitrogens is 2. The number of hydrogen-bond acceptors (Lipinski definition) is 5. The van der Waals surface area contributed by atoms with Crippen LogP contribution in [0.4, 0.5) is 15.8 Å². The van der Waals surface area contributed by atoms with Crippen LogP contribution in [0.3, 0.4) is 0 Å². The Morgan fingerprint density at radius 2 is 1.72 bits per heavy atom. The minimum Gasteiger partial charge on any atom is -0.453 e. The van der Waals surface area contributed by atoms with E-state index >= 15 is 0 Å². The number of halogens is 1. The summed E-state index contributed by atoms with van der Waals surface area (Å²) < 4.78 is 20.6. The van der Waals surface area contributed by atoms with Gasteiger partial charge in [-0.3, -0.25) is 9.59 Å². The third kappa shape index (κ3) is 4.98. The van der Waals surface area contributed by atoms with Gasteiger partial charge in [-0.15, -0.1) is 0 Å². The summed E-state index contributed by atoms with van der Waals surface area (Å²) in [6.45, 7) is 3.50. The van der Waals surface area contributed by atoms with E-state index in [0.717, 1.165) is 31.5 Å². The number of likely N-dealkylation sites (tertiary alicyclic amines) is 1. The number of ether oxygens (including phenoxy) is 1. The van der Waals surface area contributed by atoms with Gasteiger partial charge in [0.2, 0.25) is 0 Å². The van der Waals surface area contributed by atoms with Gasteiger partial charge >= 0.3 is 0 Å². The maximum Gasteiger partial charge on any atom is 0.299 e. The first kappa shape index (κ1) is 23.3. The monoisotopic (exact) mass is 484 g/mol. The molecule has 0 bridgehead atoms. The van der Waals surface area contributed by atoms with Crippen molar-refractivity contribution >= 4 is 17.3 Å². The van der Waals surface area contributed by atoms with Gasteiger partial charge in [-0.1, -0.05) is 12.1 Å². The first-order valence-electron chi connectivity index (χ1n) is 11.8. The van der Waals surface area contributed by atoms with Crippen molar-refractivity contribution in [3.05, 3.63) is 106 Å². The Labute approximate surface area is 207 Å². The number of benzene rings is 3. The van der Waals surface area contributed by atoms with Crippen LogP contribution < -0.4 is 15.6 Å². The predicted octanol–water partition coefficient (Wildman–Crippen LogP) is 5.45. The molecule has 0 unspecified atom stereocenters. The van der Waals surface area contributed by atoms with Gasteiger partial charge in [0, 0.05) is 24.3 Å². The van der Waals surface area contributed by atoms with Crippen molar-refractivity contribution in [2.75, 3.05) is 18.4 Å². The lowest BCUT2D eigenvalue weighted by Crippen LogP contribution is -2.27. The highest BCUT2D eigenvalue weighted by atomic mass is 19.1. The summed E-state index contributed by atoms with van der Waals surface area (Å²) in [5, 5.41) is 7.38. The second-order valence-electron chi connectivity index (χ2n) is 8.70. The Hall–Kier alpha value is -4.46. The second kappa shape index (κ2) is 10.0. The first-order chi connectivity index (χ1) is 17.5. The smallest absolute Gasteiger partial charge is 0.299 e. The Balaban J connectivity index is 1.49. The fourth-order valence-electron chi connectivity index (χ4n) is 4.15. The molecule has 0 spiro atoms. The number of nitrogens with one attached hydrogen (secondary N) is 1. The maximum atomic E-state index is 13.5. The third-order valence-electron chi connectivity index (χ3n) is 6.03. The molecule has 4 aromatic rings. The molecule has 0 saturated carbocycles. The summed E-state index contributed by atoms with van der Waals surface area (Å²) in [5.74, 6) is 0.393. The normalized spacial score (nSPS) is 13.0. The number of carbonyl (C=O) groups excluding carboxylic acids is 1. The fourth-order valence-corrected chi connectivity index (χ4v) is 4.15. The number of amides is 1. The highest BCUT2D eigenvalue weighted by Gasteiger charge is 2.20. The summed E-state index contributed by atoms with van der Waals surface area (Å²) in [6.07, 6.45) is 3.50. The predicted molar refractivity (Wildman–Crippen MR) is 136 cm³/mol. The van der Waals surface area contributed by atoms with Gasteiger partial charge in [0.05, 0.1) is 11.9 Å². The number of nitrogens with zero attached hydrogens (tertiary/aromatic N) is 3. The number of aryl methyl sites for hydroxylation is 1. The van der Waals surface area contributed by atoms with Crippen LogP contribution in [0.5, 0.6) is 11.5 Å². The van der Waals surface area contributed by atoms with Crippen molar-refractivity contribution < 1.29 is 13.9 Å². The van der Waals surface area contributed by atoms with Gasteiger partial charge in [0.25, 0.3) is 11.5 Å². The highest BCUT2D eigenvalue weighted by Crippen LogP contribution is 2.29. The van der Waals surface area contributed by atoms with Crippen LogP contribution in [0.25, 0.3) is 5.69 Å². The van der Waals surface area contributed by atoms with E-state index in [-0.39, 0.29) is 17.3 Å². The standard InChI is InChI=1S/C28H25FN4O3/c1-19-5-4-6-24(17-19)36-25-18-30-33(23-13-9-21(29)10-14-23)28(35)26(25)31-22-11-7-20(8-12-22)27(34)32-15-2-3-16-32/h4-14,17-18,31H,2-3,15-16H2,1H3. The largest absolute Gasteiger partial charge is 0.453 e. The molecular formula is C28H25FN4O3. The fraction of sp³-hybridized carbons (Fsp3) is 0.179. The summed E-state index contributed by atoms with van der Waals surface area (Å²) in [7, 11) is 0. The lowest BCUT2D eigenvalue weighted by atomic mass is 10.2. The minimum absolute atomic E-state index is 0.00472. The molecule has 7 nitrogen and oxygen atoms in total. The van der Waals surface area contributed by atoms with Crippen LogP contribution in [-0.4, -0.2) is 33.7 Å². The molecule has 1 aliphatic heterocycles. The molecule has 1 N–H and O–H groups in total. The summed E-state index contributed by atoms with van der Waals surface area (Å²) >= 11 is 0. The van der Waals surface area contributed by atoms with E-state index in [2.05, 4.69) is 10.4 Å². The van der Waals surface area contributed by atoms with E-state index in [0.29, 0.717) is 22.7 Å². The molecule has 1 saturated heterocycles. The lowest BCUT2D eigenvalue weighted by molar-refractivity contribution is 0.0793. The van der Waals surface area contributed by atoms with Crippen molar-refractivity contribution in [3.63, 3.8) is 0 Å².